The highest BCUT2D eigenvalue weighted by Gasteiger charge is 2.18. The molecule has 54 heavy (non-hydrogen) atoms. The van der Waals surface area contributed by atoms with Gasteiger partial charge < -0.3 is 18.3 Å². The lowest BCUT2D eigenvalue weighted by molar-refractivity contribution is 0.620. The standard InChI is InChI=1S/C49H31N3O2/c1-4-12-33(13-5-1)49-50-43-31-47-42(30-48(43)54-49)41-28-34(22-27-46(41)53-47)32-20-23-37(24-21-32)51(35-14-6-2-7-15-35)38-25-26-40-39-18-10-11-19-44(39)52(45(40)29-38)36-16-8-3-9-17-36/h1-31H. The van der Waals surface area contributed by atoms with Crippen molar-refractivity contribution in [3.8, 4) is 28.3 Å². The number of hydrogen-bond donors (Lipinski definition) is 0. The van der Waals surface area contributed by atoms with Crippen LogP contribution in [-0.4, -0.2) is 9.55 Å². The summed E-state index contributed by atoms with van der Waals surface area (Å²) in [7, 11) is 0. The molecule has 8 aromatic carbocycles. The molecule has 0 N–H and O–H groups in total. The predicted octanol–water partition coefficient (Wildman–Crippen LogP) is 13.6. The zero-order chi connectivity index (χ0) is 35.6. The van der Waals surface area contributed by atoms with Crippen LogP contribution in [0.15, 0.2) is 197 Å². The van der Waals surface area contributed by atoms with Gasteiger partial charge in [0.25, 0.3) is 0 Å². The first-order chi connectivity index (χ1) is 26.7. The molecule has 254 valence electrons. The topological polar surface area (TPSA) is 47.3 Å². The van der Waals surface area contributed by atoms with E-state index in [0.29, 0.717) is 5.89 Å². The summed E-state index contributed by atoms with van der Waals surface area (Å²) in [6.45, 7) is 0. The number of anilines is 3. The van der Waals surface area contributed by atoms with E-state index in [9.17, 15) is 0 Å². The lowest BCUT2D eigenvalue weighted by Crippen LogP contribution is -2.10. The van der Waals surface area contributed by atoms with Crippen molar-refractivity contribution in [3.05, 3.63) is 188 Å². The fourth-order valence-electron chi connectivity index (χ4n) is 7.86. The van der Waals surface area contributed by atoms with Crippen molar-refractivity contribution in [1.82, 2.24) is 9.55 Å². The summed E-state index contributed by atoms with van der Waals surface area (Å²) in [4.78, 5) is 7.07. The highest BCUT2D eigenvalue weighted by molar-refractivity contribution is 6.11. The van der Waals surface area contributed by atoms with Crippen molar-refractivity contribution in [2.24, 2.45) is 0 Å². The molecule has 0 amide bonds. The molecular weight excluding hydrogens is 663 g/mol. The Hall–Kier alpha value is -7.37. The molecule has 0 radical (unpaired) electrons. The van der Waals surface area contributed by atoms with E-state index in [-0.39, 0.29) is 0 Å². The van der Waals surface area contributed by atoms with Crippen molar-refractivity contribution >= 4 is 71.9 Å². The normalized spacial score (nSPS) is 11.7. The summed E-state index contributed by atoms with van der Waals surface area (Å²) in [5.41, 5.74) is 13.1. The van der Waals surface area contributed by atoms with Crippen LogP contribution in [0.5, 0.6) is 0 Å². The average Bonchev–Trinajstić information content (AvgIpc) is 3.92. The van der Waals surface area contributed by atoms with Gasteiger partial charge in [0, 0.05) is 55.9 Å². The van der Waals surface area contributed by atoms with Gasteiger partial charge in [-0.05, 0) is 96.1 Å². The quantitative estimate of drug-likeness (QED) is 0.174. The van der Waals surface area contributed by atoms with Crippen LogP contribution in [0.2, 0.25) is 0 Å². The maximum Gasteiger partial charge on any atom is 0.227 e. The lowest BCUT2D eigenvalue weighted by atomic mass is 10.0. The highest BCUT2D eigenvalue weighted by Crippen LogP contribution is 2.41. The molecule has 0 aliphatic rings. The van der Waals surface area contributed by atoms with Gasteiger partial charge in [-0.1, -0.05) is 97.1 Å². The van der Waals surface area contributed by atoms with Gasteiger partial charge in [-0.25, -0.2) is 4.98 Å². The number of fused-ring (bicyclic) bond motifs is 7. The van der Waals surface area contributed by atoms with Gasteiger partial charge in [-0.2, -0.15) is 0 Å². The van der Waals surface area contributed by atoms with Crippen LogP contribution in [-0.2, 0) is 0 Å². The van der Waals surface area contributed by atoms with E-state index in [2.05, 4.69) is 161 Å². The molecule has 5 heteroatoms. The third-order valence-corrected chi connectivity index (χ3v) is 10.4. The Bertz CT molecular complexity index is 3140. The van der Waals surface area contributed by atoms with Crippen molar-refractivity contribution in [2.45, 2.75) is 0 Å². The van der Waals surface area contributed by atoms with Gasteiger partial charge in [-0.15, -0.1) is 0 Å². The number of aromatic nitrogens is 2. The third-order valence-electron chi connectivity index (χ3n) is 10.4. The number of oxazole rings is 1. The Morgan fingerprint density at radius 2 is 1.04 bits per heavy atom. The maximum atomic E-state index is 6.31. The SMILES string of the molecule is c1ccc(-c2nc3cc4oc5ccc(-c6ccc(N(c7ccccc7)c7ccc8c9ccccc9n(-c9ccccc9)c8c7)cc6)cc5c4cc3o2)cc1. The summed E-state index contributed by atoms with van der Waals surface area (Å²) >= 11 is 0. The molecule has 0 bridgehead atoms. The monoisotopic (exact) mass is 693 g/mol. The Morgan fingerprint density at radius 3 is 1.85 bits per heavy atom. The van der Waals surface area contributed by atoms with Crippen LogP contribution >= 0.6 is 0 Å². The van der Waals surface area contributed by atoms with Crippen LogP contribution in [0.3, 0.4) is 0 Å². The second kappa shape index (κ2) is 12.1. The van der Waals surface area contributed by atoms with Gasteiger partial charge in [0.15, 0.2) is 5.58 Å². The van der Waals surface area contributed by atoms with E-state index >= 15 is 0 Å². The van der Waals surface area contributed by atoms with E-state index in [1.54, 1.807) is 0 Å². The summed E-state index contributed by atoms with van der Waals surface area (Å²) in [5, 5.41) is 4.51. The fraction of sp³-hybridized carbons (Fsp3) is 0. The lowest BCUT2D eigenvalue weighted by Gasteiger charge is -2.26. The summed E-state index contributed by atoms with van der Waals surface area (Å²) in [6.07, 6.45) is 0. The average molecular weight is 694 g/mol. The summed E-state index contributed by atoms with van der Waals surface area (Å²) in [6, 6.07) is 65.9. The van der Waals surface area contributed by atoms with Crippen LogP contribution in [0.4, 0.5) is 17.1 Å². The van der Waals surface area contributed by atoms with Gasteiger partial charge in [0.05, 0.1) is 11.0 Å². The molecule has 11 rings (SSSR count). The van der Waals surface area contributed by atoms with E-state index in [0.717, 1.165) is 78.0 Å². The zero-order valence-corrected chi connectivity index (χ0v) is 29.1. The van der Waals surface area contributed by atoms with Crippen LogP contribution in [0.1, 0.15) is 0 Å². The number of benzene rings is 8. The second-order valence-corrected chi connectivity index (χ2v) is 13.6. The van der Waals surface area contributed by atoms with Crippen molar-refractivity contribution in [2.75, 3.05) is 4.90 Å². The van der Waals surface area contributed by atoms with Crippen molar-refractivity contribution < 1.29 is 8.83 Å². The Labute approximate surface area is 310 Å². The largest absolute Gasteiger partial charge is 0.456 e. The van der Waals surface area contributed by atoms with Gasteiger partial charge in [0.2, 0.25) is 5.89 Å². The minimum atomic E-state index is 0.603. The van der Waals surface area contributed by atoms with Crippen molar-refractivity contribution in [1.29, 1.82) is 0 Å². The number of rotatable bonds is 6. The molecule has 0 fully saturated rings. The first kappa shape index (κ1) is 30.3. The van der Waals surface area contributed by atoms with Gasteiger partial charge in [0.1, 0.15) is 16.7 Å². The van der Waals surface area contributed by atoms with Crippen LogP contribution < -0.4 is 4.90 Å². The van der Waals surface area contributed by atoms with E-state index in [1.165, 1.54) is 16.3 Å². The molecule has 0 atom stereocenters. The van der Waals surface area contributed by atoms with E-state index in [4.69, 9.17) is 13.8 Å². The summed E-state index contributed by atoms with van der Waals surface area (Å²) in [5.74, 6) is 0.603. The number of furan rings is 1. The van der Waals surface area contributed by atoms with E-state index in [1.807, 2.05) is 36.4 Å². The summed E-state index contributed by atoms with van der Waals surface area (Å²) < 4.78 is 14.9. The molecule has 3 aromatic heterocycles. The molecule has 0 aliphatic carbocycles. The van der Waals surface area contributed by atoms with Crippen molar-refractivity contribution in [3.63, 3.8) is 0 Å². The molecule has 0 saturated heterocycles. The first-order valence-electron chi connectivity index (χ1n) is 18.1. The Balaban J connectivity index is 0.997. The zero-order valence-electron chi connectivity index (χ0n) is 29.1. The molecule has 11 aromatic rings. The molecule has 0 unspecified atom stereocenters. The fourth-order valence-corrected chi connectivity index (χ4v) is 7.86. The predicted molar refractivity (Wildman–Crippen MR) is 221 cm³/mol. The Kier molecular flexibility index (Phi) is 6.79. The molecular formula is C49H31N3O2. The molecule has 0 saturated carbocycles. The molecule has 0 aliphatic heterocycles. The van der Waals surface area contributed by atoms with Gasteiger partial charge in [-0.3, -0.25) is 0 Å². The highest BCUT2D eigenvalue weighted by atomic mass is 16.4. The molecule has 5 nitrogen and oxygen atoms in total. The minimum absolute atomic E-state index is 0.603. The number of hydrogen-bond acceptors (Lipinski definition) is 4. The minimum Gasteiger partial charge on any atom is -0.456 e. The number of para-hydroxylation sites is 3. The van der Waals surface area contributed by atoms with Gasteiger partial charge >= 0.3 is 0 Å². The second-order valence-electron chi connectivity index (χ2n) is 13.6. The maximum absolute atomic E-state index is 6.31. The van der Waals surface area contributed by atoms with Crippen LogP contribution in [0, 0.1) is 0 Å². The molecule has 3 heterocycles. The first-order valence-corrected chi connectivity index (χ1v) is 18.1. The van der Waals surface area contributed by atoms with Crippen LogP contribution in [0.25, 0.3) is 83.1 Å². The van der Waals surface area contributed by atoms with E-state index < -0.39 is 0 Å². The Morgan fingerprint density at radius 1 is 0.389 bits per heavy atom. The number of nitrogens with zero attached hydrogens (tertiary/aromatic N) is 3. The molecule has 0 spiro atoms. The third kappa shape index (κ3) is 4.90. The smallest absolute Gasteiger partial charge is 0.227 e.